The predicted octanol–water partition coefficient (Wildman–Crippen LogP) is 3.40. The molecule has 0 aliphatic rings. The fourth-order valence-corrected chi connectivity index (χ4v) is 2.22. The quantitative estimate of drug-likeness (QED) is 0.780. The second-order valence-electron chi connectivity index (χ2n) is 5.14. The predicted molar refractivity (Wildman–Crippen MR) is 80.9 cm³/mol. The van der Waals surface area contributed by atoms with E-state index in [0.717, 1.165) is 12.1 Å². The third-order valence-electron chi connectivity index (χ3n) is 3.52. The van der Waals surface area contributed by atoms with E-state index in [4.69, 9.17) is 4.42 Å². The minimum atomic E-state index is -4.43. The number of nitrogens with one attached hydrogen (secondary N) is 1. The molecule has 124 valence electrons. The van der Waals surface area contributed by atoms with E-state index in [1.165, 1.54) is 35.9 Å². The van der Waals surface area contributed by atoms with Crippen molar-refractivity contribution in [3.05, 3.63) is 64.1 Å². The number of nitrogens with zero attached hydrogens (tertiary/aromatic N) is 1. The zero-order valence-corrected chi connectivity index (χ0v) is 12.3. The van der Waals surface area contributed by atoms with Gasteiger partial charge in [-0.3, -0.25) is 9.36 Å². The van der Waals surface area contributed by atoms with E-state index in [1.807, 2.05) is 0 Å². The zero-order chi connectivity index (χ0) is 17.5. The zero-order valence-electron chi connectivity index (χ0n) is 12.3. The summed E-state index contributed by atoms with van der Waals surface area (Å²) in [4.78, 5) is 23.6. The van der Waals surface area contributed by atoms with Crippen molar-refractivity contribution in [3.8, 4) is 0 Å². The fourth-order valence-electron chi connectivity index (χ4n) is 2.22. The largest absolute Gasteiger partial charge is 0.419 e. The van der Waals surface area contributed by atoms with Crippen LogP contribution in [0.15, 0.2) is 51.7 Å². The second kappa shape index (κ2) is 5.55. The lowest BCUT2D eigenvalue weighted by atomic mass is 10.1. The number of aryl methyl sites for hydroxylation is 1. The molecule has 0 fully saturated rings. The van der Waals surface area contributed by atoms with Gasteiger partial charge >= 0.3 is 11.9 Å². The highest BCUT2D eigenvalue weighted by atomic mass is 19.4. The number of hydrogen-bond acceptors (Lipinski definition) is 3. The maximum absolute atomic E-state index is 12.5. The van der Waals surface area contributed by atoms with Crippen LogP contribution in [0.2, 0.25) is 0 Å². The van der Waals surface area contributed by atoms with Crippen LogP contribution in [0.4, 0.5) is 18.9 Å². The van der Waals surface area contributed by atoms with Crippen molar-refractivity contribution < 1.29 is 22.4 Å². The molecule has 3 rings (SSSR count). The number of carbonyl (C=O) groups excluding carboxylic acids is 1. The summed E-state index contributed by atoms with van der Waals surface area (Å²) in [5, 5.41) is 2.49. The molecule has 0 aliphatic heterocycles. The summed E-state index contributed by atoms with van der Waals surface area (Å²) >= 11 is 0. The van der Waals surface area contributed by atoms with Crippen LogP contribution in [0.1, 0.15) is 15.9 Å². The van der Waals surface area contributed by atoms with Crippen LogP contribution in [0.25, 0.3) is 11.1 Å². The molecule has 5 nitrogen and oxygen atoms in total. The molecular weight excluding hydrogens is 325 g/mol. The molecule has 0 saturated heterocycles. The average Bonchev–Trinajstić information content (AvgIpc) is 2.81. The molecule has 1 heterocycles. The minimum absolute atomic E-state index is 0.219. The first-order valence-corrected chi connectivity index (χ1v) is 6.84. The van der Waals surface area contributed by atoms with Crippen molar-refractivity contribution in [1.29, 1.82) is 0 Å². The number of rotatable bonds is 2. The molecule has 0 saturated carbocycles. The molecule has 0 radical (unpaired) electrons. The SMILES string of the molecule is Cn1c(=O)oc2cc(C(=O)Nc3ccc(C(F)(F)F)cc3)ccc21. The lowest BCUT2D eigenvalue weighted by Gasteiger charge is -2.09. The maximum atomic E-state index is 12.5. The fraction of sp³-hybridized carbons (Fsp3) is 0.125. The molecule has 0 atom stereocenters. The van der Waals surface area contributed by atoms with Gasteiger partial charge in [0.15, 0.2) is 5.58 Å². The summed E-state index contributed by atoms with van der Waals surface area (Å²) in [6, 6.07) is 8.56. The van der Waals surface area contributed by atoms with Crippen LogP contribution in [0.3, 0.4) is 0 Å². The molecule has 1 amide bonds. The molecule has 24 heavy (non-hydrogen) atoms. The lowest BCUT2D eigenvalue weighted by Crippen LogP contribution is -2.12. The standard InChI is InChI=1S/C16H11F3N2O3/c1-21-12-7-2-9(8-13(12)24-15(21)23)14(22)20-11-5-3-10(4-6-11)16(17,18)19/h2-8H,1H3,(H,20,22). The van der Waals surface area contributed by atoms with Gasteiger partial charge < -0.3 is 9.73 Å². The molecule has 1 aromatic heterocycles. The van der Waals surface area contributed by atoms with Crippen LogP contribution in [0, 0.1) is 0 Å². The molecule has 2 aromatic carbocycles. The highest BCUT2D eigenvalue weighted by Crippen LogP contribution is 2.29. The summed E-state index contributed by atoms with van der Waals surface area (Å²) in [7, 11) is 1.54. The highest BCUT2D eigenvalue weighted by molar-refractivity contribution is 6.05. The molecule has 8 heteroatoms. The van der Waals surface area contributed by atoms with Gasteiger partial charge in [-0.1, -0.05) is 0 Å². The number of anilines is 1. The Kier molecular flexibility index (Phi) is 3.67. The number of fused-ring (bicyclic) bond motifs is 1. The van der Waals surface area contributed by atoms with Crippen molar-refractivity contribution in [2.45, 2.75) is 6.18 Å². The molecule has 0 aliphatic carbocycles. The number of oxazole rings is 1. The summed E-state index contributed by atoms with van der Waals surface area (Å²) in [5.41, 5.74) is 0.431. The number of amides is 1. The van der Waals surface area contributed by atoms with Crippen molar-refractivity contribution in [2.75, 3.05) is 5.32 Å². The molecule has 0 unspecified atom stereocenters. The van der Waals surface area contributed by atoms with Gasteiger partial charge in [-0.2, -0.15) is 13.2 Å². The second-order valence-corrected chi connectivity index (χ2v) is 5.14. The highest BCUT2D eigenvalue weighted by Gasteiger charge is 2.30. The van der Waals surface area contributed by atoms with E-state index >= 15 is 0 Å². The third kappa shape index (κ3) is 2.90. The van der Waals surface area contributed by atoms with Gasteiger partial charge in [-0.25, -0.2) is 4.79 Å². The number of hydrogen-bond donors (Lipinski definition) is 1. The summed E-state index contributed by atoms with van der Waals surface area (Å²) in [6.45, 7) is 0. The minimum Gasteiger partial charge on any atom is -0.408 e. The Morgan fingerprint density at radius 1 is 1.12 bits per heavy atom. The van der Waals surface area contributed by atoms with Crippen LogP contribution in [-0.2, 0) is 13.2 Å². The maximum Gasteiger partial charge on any atom is 0.419 e. The van der Waals surface area contributed by atoms with E-state index in [9.17, 15) is 22.8 Å². The molecular formula is C16H11F3N2O3. The third-order valence-corrected chi connectivity index (χ3v) is 3.52. The number of aromatic nitrogens is 1. The Morgan fingerprint density at radius 3 is 2.42 bits per heavy atom. The first-order valence-electron chi connectivity index (χ1n) is 6.84. The number of alkyl halides is 3. The van der Waals surface area contributed by atoms with E-state index in [-0.39, 0.29) is 16.8 Å². The van der Waals surface area contributed by atoms with Crippen LogP contribution in [-0.4, -0.2) is 10.5 Å². The summed E-state index contributed by atoms with van der Waals surface area (Å²) in [5.74, 6) is -1.08. The molecule has 3 aromatic rings. The van der Waals surface area contributed by atoms with Gasteiger partial charge in [-0.15, -0.1) is 0 Å². The number of halogens is 3. The topological polar surface area (TPSA) is 64.2 Å². The van der Waals surface area contributed by atoms with Gasteiger partial charge in [0.25, 0.3) is 5.91 Å². The molecule has 0 bridgehead atoms. The van der Waals surface area contributed by atoms with Gasteiger partial charge in [0.2, 0.25) is 0 Å². The van der Waals surface area contributed by atoms with Crippen molar-refractivity contribution in [2.24, 2.45) is 7.05 Å². The van der Waals surface area contributed by atoms with Gasteiger partial charge in [0.1, 0.15) is 0 Å². The average molecular weight is 336 g/mol. The monoisotopic (exact) mass is 336 g/mol. The smallest absolute Gasteiger partial charge is 0.408 e. The lowest BCUT2D eigenvalue weighted by molar-refractivity contribution is -0.137. The number of carbonyl (C=O) groups is 1. The van der Waals surface area contributed by atoms with Crippen molar-refractivity contribution in [1.82, 2.24) is 4.57 Å². The Balaban J connectivity index is 1.83. The van der Waals surface area contributed by atoms with Gasteiger partial charge in [0, 0.05) is 18.3 Å². The Morgan fingerprint density at radius 2 is 1.79 bits per heavy atom. The Bertz CT molecular complexity index is 969. The molecule has 0 spiro atoms. The van der Waals surface area contributed by atoms with Crippen molar-refractivity contribution >= 4 is 22.7 Å². The van der Waals surface area contributed by atoms with Gasteiger partial charge in [0.05, 0.1) is 11.1 Å². The van der Waals surface area contributed by atoms with E-state index < -0.39 is 23.4 Å². The molecule has 1 N–H and O–H groups in total. The van der Waals surface area contributed by atoms with E-state index in [2.05, 4.69) is 5.32 Å². The van der Waals surface area contributed by atoms with E-state index in [1.54, 1.807) is 6.07 Å². The Hall–Kier alpha value is -3.03. The van der Waals surface area contributed by atoms with Crippen LogP contribution >= 0.6 is 0 Å². The first kappa shape index (κ1) is 15.9. The van der Waals surface area contributed by atoms with Crippen LogP contribution < -0.4 is 11.1 Å². The first-order chi connectivity index (χ1) is 11.3. The van der Waals surface area contributed by atoms with Crippen molar-refractivity contribution in [3.63, 3.8) is 0 Å². The van der Waals surface area contributed by atoms with E-state index in [0.29, 0.717) is 5.52 Å². The summed E-state index contributed by atoms with van der Waals surface area (Å²) < 4.78 is 43.8. The normalized spacial score (nSPS) is 11.7. The van der Waals surface area contributed by atoms with Gasteiger partial charge in [-0.05, 0) is 42.5 Å². The Labute approximate surface area is 133 Å². The summed E-state index contributed by atoms with van der Waals surface area (Å²) in [6.07, 6.45) is -4.43. The van der Waals surface area contributed by atoms with Crippen LogP contribution in [0.5, 0.6) is 0 Å². The number of benzene rings is 2.